The third kappa shape index (κ3) is 3.26. The van der Waals surface area contributed by atoms with E-state index in [9.17, 15) is 0 Å². The van der Waals surface area contributed by atoms with E-state index in [4.69, 9.17) is 4.74 Å². The van der Waals surface area contributed by atoms with Crippen molar-refractivity contribution in [2.45, 2.75) is 18.2 Å². The third-order valence-corrected chi connectivity index (χ3v) is 2.27. The summed E-state index contributed by atoms with van der Waals surface area (Å²) in [5.41, 5.74) is 0. The molecule has 1 unspecified atom stereocenters. The van der Waals surface area contributed by atoms with Crippen LogP contribution in [0.25, 0.3) is 0 Å². The van der Waals surface area contributed by atoms with Crippen LogP contribution in [0.2, 0.25) is 0 Å². The second-order valence-electron chi connectivity index (χ2n) is 2.60. The van der Waals surface area contributed by atoms with Crippen LogP contribution in [0.15, 0.2) is 36.1 Å². The molecule has 0 heterocycles. The van der Waals surface area contributed by atoms with Crippen LogP contribution in [0.5, 0.6) is 0 Å². The summed E-state index contributed by atoms with van der Waals surface area (Å²) in [6, 6.07) is 0. The maximum Gasteiger partial charge on any atom is 0.115 e. The van der Waals surface area contributed by atoms with Crippen molar-refractivity contribution < 1.29 is 4.74 Å². The summed E-state index contributed by atoms with van der Waals surface area (Å²) in [5, 5.41) is 0. The molecule has 0 aromatic rings. The van der Waals surface area contributed by atoms with Crippen molar-refractivity contribution in [1.82, 2.24) is 0 Å². The molecule has 0 aromatic heterocycles. The van der Waals surface area contributed by atoms with Crippen LogP contribution in [0.1, 0.15) is 13.3 Å². The Kier molecular flexibility index (Phi) is 4.15. The van der Waals surface area contributed by atoms with E-state index in [1.54, 1.807) is 0 Å². The Morgan fingerprint density at radius 1 is 1.75 bits per heavy atom. The summed E-state index contributed by atoms with van der Waals surface area (Å²) >= 11 is 3.50. The fourth-order valence-corrected chi connectivity index (χ4v) is 1.26. The standard InChI is InChI=1S/C10H13BrO/c1-2-3-8-12-10-6-4-9(11)5-7-10/h2-4,6-7,9H,5,8H2,1H3/b3-2-. The fraction of sp³-hybridized carbons (Fsp3) is 0.400. The first-order valence-corrected chi connectivity index (χ1v) is 5.01. The summed E-state index contributed by atoms with van der Waals surface area (Å²) in [5.74, 6) is 0.976. The normalized spacial score (nSPS) is 22.8. The van der Waals surface area contributed by atoms with Crippen LogP contribution < -0.4 is 0 Å². The highest BCUT2D eigenvalue weighted by Crippen LogP contribution is 2.17. The lowest BCUT2D eigenvalue weighted by Gasteiger charge is -2.10. The van der Waals surface area contributed by atoms with Crippen molar-refractivity contribution in [3.05, 3.63) is 36.1 Å². The van der Waals surface area contributed by atoms with Crippen LogP contribution in [0.3, 0.4) is 0 Å². The van der Waals surface area contributed by atoms with Gasteiger partial charge in [0.05, 0.1) is 0 Å². The van der Waals surface area contributed by atoms with Gasteiger partial charge in [0.2, 0.25) is 0 Å². The molecule has 12 heavy (non-hydrogen) atoms. The summed E-state index contributed by atoms with van der Waals surface area (Å²) in [4.78, 5) is 0.478. The molecule has 66 valence electrons. The van der Waals surface area contributed by atoms with Gasteiger partial charge < -0.3 is 4.74 Å². The molecule has 0 fully saturated rings. The Labute approximate surface area is 81.9 Å². The van der Waals surface area contributed by atoms with Crippen LogP contribution in [0.4, 0.5) is 0 Å². The van der Waals surface area contributed by atoms with Crippen LogP contribution in [-0.2, 0) is 4.74 Å². The maximum absolute atomic E-state index is 5.44. The molecule has 0 spiro atoms. The van der Waals surface area contributed by atoms with E-state index in [2.05, 4.69) is 28.1 Å². The molecule has 1 rings (SSSR count). The quantitative estimate of drug-likeness (QED) is 0.533. The summed E-state index contributed by atoms with van der Waals surface area (Å²) in [6.07, 6.45) is 11.2. The molecule has 0 aromatic carbocycles. The molecular formula is C10H13BrO. The van der Waals surface area contributed by atoms with Crippen molar-refractivity contribution in [2.75, 3.05) is 6.61 Å². The highest BCUT2D eigenvalue weighted by molar-refractivity contribution is 9.09. The first kappa shape index (κ1) is 9.59. The van der Waals surface area contributed by atoms with E-state index in [1.165, 1.54) is 0 Å². The second-order valence-corrected chi connectivity index (χ2v) is 3.77. The van der Waals surface area contributed by atoms with Crippen LogP contribution >= 0.6 is 15.9 Å². The maximum atomic E-state index is 5.44. The Balaban J connectivity index is 2.30. The minimum Gasteiger partial charge on any atom is -0.490 e. The molecule has 0 radical (unpaired) electrons. The van der Waals surface area contributed by atoms with Gasteiger partial charge in [0, 0.05) is 4.83 Å². The van der Waals surface area contributed by atoms with Gasteiger partial charge in [-0.25, -0.2) is 0 Å². The minimum absolute atomic E-state index is 0.478. The number of hydrogen-bond acceptors (Lipinski definition) is 1. The predicted octanol–water partition coefficient (Wildman–Crippen LogP) is 3.19. The van der Waals surface area contributed by atoms with Crippen molar-refractivity contribution in [2.24, 2.45) is 0 Å². The van der Waals surface area contributed by atoms with Gasteiger partial charge >= 0.3 is 0 Å². The molecule has 2 heteroatoms. The van der Waals surface area contributed by atoms with Gasteiger partial charge in [-0.15, -0.1) is 0 Å². The molecule has 1 nitrogen and oxygen atoms in total. The molecule has 0 amide bonds. The Bertz CT molecular complexity index is 216. The van der Waals surface area contributed by atoms with E-state index in [-0.39, 0.29) is 0 Å². The zero-order valence-electron chi connectivity index (χ0n) is 7.16. The van der Waals surface area contributed by atoms with E-state index in [0.29, 0.717) is 11.4 Å². The van der Waals surface area contributed by atoms with E-state index >= 15 is 0 Å². The molecule has 1 aliphatic carbocycles. The lowest BCUT2D eigenvalue weighted by molar-refractivity contribution is 0.259. The molecule has 0 aliphatic heterocycles. The van der Waals surface area contributed by atoms with Crippen molar-refractivity contribution in [1.29, 1.82) is 0 Å². The van der Waals surface area contributed by atoms with Gasteiger partial charge in [-0.1, -0.05) is 34.2 Å². The summed E-state index contributed by atoms with van der Waals surface area (Å²) in [6.45, 7) is 2.66. The zero-order valence-corrected chi connectivity index (χ0v) is 8.75. The number of halogens is 1. The second kappa shape index (κ2) is 5.20. The van der Waals surface area contributed by atoms with Gasteiger partial charge in [-0.05, 0) is 25.5 Å². The third-order valence-electron chi connectivity index (χ3n) is 1.60. The van der Waals surface area contributed by atoms with E-state index in [0.717, 1.165) is 12.2 Å². The Hall–Kier alpha value is -0.500. The van der Waals surface area contributed by atoms with Gasteiger partial charge in [-0.2, -0.15) is 0 Å². The first-order valence-electron chi connectivity index (χ1n) is 4.09. The van der Waals surface area contributed by atoms with Gasteiger partial charge in [0.15, 0.2) is 0 Å². The lowest BCUT2D eigenvalue weighted by atomic mass is 10.2. The Morgan fingerprint density at radius 2 is 2.58 bits per heavy atom. The average Bonchev–Trinajstić information content (AvgIpc) is 2.09. The fourth-order valence-electron chi connectivity index (χ4n) is 0.922. The minimum atomic E-state index is 0.478. The highest BCUT2D eigenvalue weighted by atomic mass is 79.9. The van der Waals surface area contributed by atoms with Gasteiger partial charge in [-0.3, -0.25) is 0 Å². The number of hydrogen-bond donors (Lipinski definition) is 0. The van der Waals surface area contributed by atoms with Gasteiger partial charge in [0.25, 0.3) is 0 Å². The Morgan fingerprint density at radius 3 is 3.17 bits per heavy atom. The number of rotatable bonds is 3. The summed E-state index contributed by atoms with van der Waals surface area (Å²) in [7, 11) is 0. The topological polar surface area (TPSA) is 9.23 Å². The monoisotopic (exact) mass is 228 g/mol. The molecule has 0 N–H and O–H groups in total. The average molecular weight is 229 g/mol. The smallest absolute Gasteiger partial charge is 0.115 e. The molecule has 1 aliphatic rings. The van der Waals surface area contributed by atoms with E-state index in [1.807, 2.05) is 25.2 Å². The number of alkyl halides is 1. The van der Waals surface area contributed by atoms with Gasteiger partial charge in [0.1, 0.15) is 12.4 Å². The molecular weight excluding hydrogens is 216 g/mol. The lowest BCUT2D eigenvalue weighted by Crippen LogP contribution is -1.99. The number of ether oxygens (including phenoxy) is 1. The number of allylic oxidation sites excluding steroid dienone is 4. The molecule has 0 saturated heterocycles. The molecule has 0 bridgehead atoms. The zero-order chi connectivity index (χ0) is 8.81. The first-order chi connectivity index (χ1) is 5.83. The molecule has 0 saturated carbocycles. The van der Waals surface area contributed by atoms with Crippen molar-refractivity contribution in [3.63, 3.8) is 0 Å². The van der Waals surface area contributed by atoms with E-state index < -0.39 is 0 Å². The van der Waals surface area contributed by atoms with Crippen LogP contribution in [0, 0.1) is 0 Å². The van der Waals surface area contributed by atoms with Crippen molar-refractivity contribution >= 4 is 15.9 Å². The largest absolute Gasteiger partial charge is 0.490 e. The molecule has 1 atom stereocenters. The summed E-state index contributed by atoms with van der Waals surface area (Å²) < 4.78 is 5.44. The highest BCUT2D eigenvalue weighted by Gasteiger charge is 2.03. The SMILES string of the molecule is C/C=C\COC1=CCC(Br)C=C1. The van der Waals surface area contributed by atoms with Crippen molar-refractivity contribution in [3.8, 4) is 0 Å². The van der Waals surface area contributed by atoms with Crippen LogP contribution in [-0.4, -0.2) is 11.4 Å². The predicted molar refractivity (Wildman–Crippen MR) is 55.3 cm³/mol.